The Morgan fingerprint density at radius 1 is 1.30 bits per heavy atom. The van der Waals surface area contributed by atoms with E-state index in [9.17, 15) is 4.79 Å². The second-order valence-electron chi connectivity index (χ2n) is 4.19. The molecule has 2 aromatic heterocycles. The molecule has 0 atom stereocenters. The summed E-state index contributed by atoms with van der Waals surface area (Å²) in [5.74, 6) is 0.115. The minimum atomic E-state index is -0.289. The van der Waals surface area contributed by atoms with Gasteiger partial charge in [0.05, 0.1) is 18.8 Å². The lowest BCUT2D eigenvalue weighted by Crippen LogP contribution is -2.13. The molecule has 6 heteroatoms. The molecule has 3 aromatic rings. The van der Waals surface area contributed by atoms with Crippen LogP contribution in [0.1, 0.15) is 10.5 Å². The van der Waals surface area contributed by atoms with Crippen LogP contribution < -0.4 is 10.1 Å². The van der Waals surface area contributed by atoms with E-state index in [0.29, 0.717) is 17.3 Å². The molecule has 0 unspecified atom stereocenters. The fourth-order valence-electron chi connectivity index (χ4n) is 1.86. The Bertz CT molecular complexity index is 766. The smallest absolute Gasteiger partial charge is 0.274 e. The van der Waals surface area contributed by atoms with E-state index in [4.69, 9.17) is 4.74 Å². The van der Waals surface area contributed by atoms with E-state index >= 15 is 0 Å². The number of nitrogens with zero attached hydrogens (tertiary/aromatic N) is 2. The number of hydrogen-bond acceptors (Lipinski definition) is 4. The van der Waals surface area contributed by atoms with Gasteiger partial charge in [0.15, 0.2) is 0 Å². The van der Waals surface area contributed by atoms with E-state index in [1.807, 2.05) is 18.2 Å². The van der Waals surface area contributed by atoms with Gasteiger partial charge >= 0.3 is 0 Å². The topological polar surface area (TPSA) is 79.9 Å². The molecule has 0 radical (unpaired) electrons. The number of aromatic nitrogens is 3. The minimum absolute atomic E-state index is 0.289. The quantitative estimate of drug-likeness (QED) is 0.763. The molecule has 100 valence electrons. The molecule has 1 aromatic carbocycles. The number of anilines is 1. The van der Waals surface area contributed by atoms with Crippen molar-refractivity contribution < 1.29 is 9.53 Å². The average Bonchev–Trinajstić information content (AvgIpc) is 2.95. The summed E-state index contributed by atoms with van der Waals surface area (Å²) in [5.41, 5.74) is 1.84. The highest BCUT2D eigenvalue weighted by Crippen LogP contribution is 2.17. The summed E-state index contributed by atoms with van der Waals surface area (Å²) < 4.78 is 5.00. The Morgan fingerprint density at radius 3 is 3.05 bits per heavy atom. The number of ether oxygens (including phenoxy) is 1. The molecule has 0 aliphatic carbocycles. The number of benzene rings is 1. The summed E-state index contributed by atoms with van der Waals surface area (Å²) in [7, 11) is 1.51. The van der Waals surface area contributed by atoms with E-state index in [1.54, 1.807) is 24.4 Å². The Labute approximate surface area is 114 Å². The first-order valence-corrected chi connectivity index (χ1v) is 6.02. The van der Waals surface area contributed by atoms with Gasteiger partial charge in [-0.15, -0.1) is 0 Å². The molecule has 0 bridgehead atoms. The highest BCUT2D eigenvalue weighted by atomic mass is 16.5. The van der Waals surface area contributed by atoms with Gasteiger partial charge in [-0.05, 0) is 24.3 Å². The number of pyridine rings is 1. The Kier molecular flexibility index (Phi) is 3.04. The molecule has 0 spiro atoms. The first-order valence-electron chi connectivity index (χ1n) is 6.02. The Balaban J connectivity index is 1.83. The predicted octanol–water partition coefficient (Wildman–Crippen LogP) is 2.22. The zero-order chi connectivity index (χ0) is 13.9. The van der Waals surface area contributed by atoms with Gasteiger partial charge in [-0.25, -0.2) is 4.98 Å². The normalized spacial score (nSPS) is 10.4. The van der Waals surface area contributed by atoms with E-state index in [-0.39, 0.29) is 5.91 Å². The van der Waals surface area contributed by atoms with Gasteiger partial charge in [-0.3, -0.25) is 9.89 Å². The fraction of sp³-hybridized carbons (Fsp3) is 0.0714. The molecule has 0 saturated carbocycles. The molecule has 0 fully saturated rings. The molecule has 6 nitrogen and oxygen atoms in total. The highest BCUT2D eigenvalue weighted by Gasteiger charge is 2.09. The Morgan fingerprint density at radius 2 is 2.20 bits per heavy atom. The molecule has 2 heterocycles. The predicted molar refractivity (Wildman–Crippen MR) is 74.8 cm³/mol. The molecule has 3 rings (SSSR count). The number of rotatable bonds is 3. The van der Waals surface area contributed by atoms with E-state index in [0.717, 1.165) is 10.9 Å². The minimum Gasteiger partial charge on any atom is -0.481 e. The number of aromatic amines is 1. The second-order valence-corrected chi connectivity index (χ2v) is 4.19. The molecule has 0 aliphatic rings. The van der Waals surface area contributed by atoms with Crippen LogP contribution in [0, 0.1) is 0 Å². The van der Waals surface area contributed by atoms with Crippen LogP contribution in [0.15, 0.2) is 42.6 Å². The standard InChI is InChI=1S/C14H12N4O2/c1-20-13-4-2-3-11(17-13)14(19)16-10-6-5-9-8-15-18-12(9)7-10/h2-8H,1H3,(H,15,18)(H,16,19). The van der Waals surface area contributed by atoms with Crippen molar-refractivity contribution >= 4 is 22.5 Å². The molecule has 0 aliphatic heterocycles. The van der Waals surface area contributed by atoms with Crippen LogP contribution in [-0.2, 0) is 0 Å². The van der Waals surface area contributed by atoms with Crippen molar-refractivity contribution in [3.05, 3.63) is 48.3 Å². The Hall–Kier alpha value is -2.89. The van der Waals surface area contributed by atoms with E-state index < -0.39 is 0 Å². The van der Waals surface area contributed by atoms with Gasteiger partial charge in [-0.1, -0.05) is 6.07 Å². The second kappa shape index (κ2) is 5.00. The molecular weight excluding hydrogens is 256 g/mol. The summed E-state index contributed by atoms with van der Waals surface area (Å²) in [6.07, 6.45) is 1.73. The summed E-state index contributed by atoms with van der Waals surface area (Å²) in [5, 5.41) is 10.6. The lowest BCUT2D eigenvalue weighted by atomic mass is 10.2. The van der Waals surface area contributed by atoms with Crippen molar-refractivity contribution in [3.8, 4) is 5.88 Å². The summed E-state index contributed by atoms with van der Waals surface area (Å²) in [6.45, 7) is 0. The number of H-pyrrole nitrogens is 1. The molecule has 20 heavy (non-hydrogen) atoms. The van der Waals surface area contributed by atoms with Crippen LogP contribution in [0.4, 0.5) is 5.69 Å². The largest absolute Gasteiger partial charge is 0.481 e. The highest BCUT2D eigenvalue weighted by molar-refractivity contribution is 6.03. The van der Waals surface area contributed by atoms with Crippen molar-refractivity contribution in [2.45, 2.75) is 0 Å². The van der Waals surface area contributed by atoms with Gasteiger partial charge in [-0.2, -0.15) is 5.10 Å². The van der Waals surface area contributed by atoms with Crippen molar-refractivity contribution in [1.29, 1.82) is 0 Å². The lowest BCUT2D eigenvalue weighted by Gasteiger charge is -2.05. The average molecular weight is 268 g/mol. The third-order valence-electron chi connectivity index (χ3n) is 2.87. The maximum Gasteiger partial charge on any atom is 0.274 e. The first-order chi connectivity index (χ1) is 9.76. The van der Waals surface area contributed by atoms with Gasteiger partial charge < -0.3 is 10.1 Å². The SMILES string of the molecule is COc1cccc(C(=O)Nc2ccc3cn[nH]c3c2)n1. The van der Waals surface area contributed by atoms with Crippen LogP contribution in [0.2, 0.25) is 0 Å². The van der Waals surface area contributed by atoms with Crippen LogP contribution >= 0.6 is 0 Å². The number of carbonyl (C=O) groups excluding carboxylic acids is 1. The molecule has 2 N–H and O–H groups in total. The summed E-state index contributed by atoms with van der Waals surface area (Å²) in [4.78, 5) is 16.2. The monoisotopic (exact) mass is 268 g/mol. The van der Waals surface area contributed by atoms with Crippen molar-refractivity contribution in [2.75, 3.05) is 12.4 Å². The summed E-state index contributed by atoms with van der Waals surface area (Å²) in [6, 6.07) is 10.6. The van der Waals surface area contributed by atoms with Gasteiger partial charge in [0, 0.05) is 17.1 Å². The number of nitrogens with one attached hydrogen (secondary N) is 2. The van der Waals surface area contributed by atoms with E-state index in [2.05, 4.69) is 20.5 Å². The number of fused-ring (bicyclic) bond motifs is 1. The zero-order valence-corrected chi connectivity index (χ0v) is 10.8. The van der Waals surface area contributed by atoms with Gasteiger partial charge in [0.25, 0.3) is 5.91 Å². The third-order valence-corrected chi connectivity index (χ3v) is 2.87. The van der Waals surface area contributed by atoms with Gasteiger partial charge in [0.1, 0.15) is 5.69 Å². The van der Waals surface area contributed by atoms with Crippen LogP contribution in [0.25, 0.3) is 10.9 Å². The fourth-order valence-corrected chi connectivity index (χ4v) is 1.86. The van der Waals surface area contributed by atoms with Crippen molar-refractivity contribution in [1.82, 2.24) is 15.2 Å². The van der Waals surface area contributed by atoms with E-state index in [1.165, 1.54) is 7.11 Å². The van der Waals surface area contributed by atoms with Crippen LogP contribution in [0.5, 0.6) is 5.88 Å². The lowest BCUT2D eigenvalue weighted by molar-refractivity contribution is 0.102. The number of hydrogen-bond donors (Lipinski definition) is 2. The molecule has 1 amide bonds. The first kappa shape index (κ1) is 12.2. The maximum absolute atomic E-state index is 12.1. The van der Waals surface area contributed by atoms with Crippen molar-refractivity contribution in [2.24, 2.45) is 0 Å². The third kappa shape index (κ3) is 2.31. The number of carbonyl (C=O) groups is 1. The van der Waals surface area contributed by atoms with Gasteiger partial charge in [0.2, 0.25) is 5.88 Å². The molecular formula is C14H12N4O2. The maximum atomic E-state index is 12.1. The summed E-state index contributed by atoms with van der Waals surface area (Å²) >= 11 is 0. The number of amides is 1. The zero-order valence-electron chi connectivity index (χ0n) is 10.8. The molecule has 0 saturated heterocycles. The van der Waals surface area contributed by atoms with Crippen molar-refractivity contribution in [3.63, 3.8) is 0 Å². The van der Waals surface area contributed by atoms with Crippen LogP contribution in [0.3, 0.4) is 0 Å². The van der Waals surface area contributed by atoms with Crippen LogP contribution in [-0.4, -0.2) is 28.2 Å². The number of methoxy groups -OCH3 is 1.